The number of hydrogen-bond donors (Lipinski definition) is 3. The summed E-state index contributed by atoms with van der Waals surface area (Å²) in [6, 6.07) is 13.4. The molecule has 43 heavy (non-hydrogen) atoms. The molecule has 1 aromatic heterocycles. The number of aromatic nitrogens is 2. The van der Waals surface area contributed by atoms with Crippen LogP contribution >= 0.6 is 0 Å². The van der Waals surface area contributed by atoms with E-state index in [-0.39, 0.29) is 17.9 Å². The summed E-state index contributed by atoms with van der Waals surface area (Å²) in [6.45, 7) is 2.56. The van der Waals surface area contributed by atoms with E-state index >= 15 is 0 Å². The second-order valence-corrected chi connectivity index (χ2v) is 11.6. The predicted octanol–water partition coefficient (Wildman–Crippen LogP) is 4.15. The standard InChI is InChI=1S/C32H37N5O6/c1-32(30(41)34-18-27(38)39)15-3-2-8-25(14-16-32)43-31(42)36-17-5-7-22(19-36)21-10-12-24(13-11-21)37-20-23-6-4-9-26(29(33)40)28(23)35-37/h2,4,6,8-13,20,22,25H,3,5,7,14-19H2,1H3,(H2,33,40)(H,34,41)(H,38,39)/b8-2-/t22-,25+,32-/m1/s1. The Hall–Kier alpha value is -4.67. The van der Waals surface area contributed by atoms with E-state index in [0.717, 1.165) is 29.5 Å². The van der Waals surface area contributed by atoms with Crippen molar-refractivity contribution in [3.63, 3.8) is 0 Å². The number of piperidine rings is 1. The van der Waals surface area contributed by atoms with Crippen LogP contribution in [0.15, 0.2) is 60.8 Å². The van der Waals surface area contributed by atoms with E-state index in [1.165, 1.54) is 0 Å². The van der Waals surface area contributed by atoms with Gasteiger partial charge in [-0.15, -0.1) is 0 Å². The highest BCUT2D eigenvalue weighted by molar-refractivity contribution is 6.04. The number of rotatable bonds is 7. The number of carbonyl (C=O) groups is 4. The molecule has 5 rings (SSSR count). The van der Waals surface area contributed by atoms with E-state index < -0.39 is 29.9 Å². The zero-order valence-electron chi connectivity index (χ0n) is 24.2. The molecule has 2 aliphatic rings. The maximum atomic E-state index is 13.2. The maximum absolute atomic E-state index is 13.2. The first-order valence-electron chi connectivity index (χ1n) is 14.6. The van der Waals surface area contributed by atoms with Crippen molar-refractivity contribution >= 4 is 34.8 Å². The van der Waals surface area contributed by atoms with Crippen molar-refractivity contribution in [3.05, 3.63) is 71.9 Å². The third-order valence-electron chi connectivity index (χ3n) is 8.51. The van der Waals surface area contributed by atoms with Crippen LogP contribution in [-0.4, -0.2) is 69.4 Å². The van der Waals surface area contributed by atoms with Crippen LogP contribution in [0.1, 0.15) is 67.3 Å². The number of carboxylic acids is 1. The number of nitrogens with zero attached hydrogens (tertiary/aromatic N) is 3. The van der Waals surface area contributed by atoms with Gasteiger partial charge in [0.25, 0.3) is 5.91 Å². The SMILES string of the molecule is C[C@@]1(C(=O)NCC(=O)O)CC/C=C\[C@H](OC(=O)N2CCC[C@@H](c3ccc(-n4cc5cccc(C(N)=O)c5n4)cc3)C2)CC1. The van der Waals surface area contributed by atoms with Crippen LogP contribution in [0, 0.1) is 5.41 Å². The van der Waals surface area contributed by atoms with Crippen molar-refractivity contribution < 1.29 is 29.0 Å². The van der Waals surface area contributed by atoms with Gasteiger partial charge in [-0.05, 0) is 68.4 Å². The normalized spacial score (nSPS) is 23.1. The summed E-state index contributed by atoms with van der Waals surface area (Å²) in [5.74, 6) is -1.74. The highest BCUT2D eigenvalue weighted by Gasteiger charge is 2.35. The lowest BCUT2D eigenvalue weighted by atomic mass is 9.78. The Morgan fingerprint density at radius 3 is 2.65 bits per heavy atom. The largest absolute Gasteiger partial charge is 0.480 e. The number of likely N-dealkylation sites (tertiary alicyclic amines) is 1. The van der Waals surface area contributed by atoms with Crippen molar-refractivity contribution in [1.82, 2.24) is 20.0 Å². The van der Waals surface area contributed by atoms with Gasteiger partial charge >= 0.3 is 12.1 Å². The van der Waals surface area contributed by atoms with Crippen LogP contribution in [0.2, 0.25) is 0 Å². The average molecular weight is 588 g/mol. The van der Waals surface area contributed by atoms with Gasteiger partial charge in [0.15, 0.2) is 0 Å². The molecule has 3 amide bonds. The van der Waals surface area contributed by atoms with Crippen LogP contribution in [0.3, 0.4) is 0 Å². The number of hydrogen-bond acceptors (Lipinski definition) is 6. The highest BCUT2D eigenvalue weighted by atomic mass is 16.6. The third-order valence-corrected chi connectivity index (χ3v) is 8.51. The van der Waals surface area contributed by atoms with Gasteiger partial charge in [0.05, 0.1) is 11.3 Å². The monoisotopic (exact) mass is 587 g/mol. The number of amides is 3. The van der Waals surface area contributed by atoms with Gasteiger partial charge in [-0.2, -0.15) is 5.10 Å². The van der Waals surface area contributed by atoms with Gasteiger partial charge in [-0.25, -0.2) is 9.48 Å². The number of aliphatic carboxylic acids is 1. The third kappa shape index (κ3) is 6.87. The van der Waals surface area contributed by atoms with E-state index in [1.807, 2.05) is 55.6 Å². The number of nitrogens with one attached hydrogen (secondary N) is 1. The molecule has 0 radical (unpaired) electrons. The van der Waals surface area contributed by atoms with Crippen LogP contribution in [0.5, 0.6) is 0 Å². The molecule has 226 valence electrons. The molecule has 3 atom stereocenters. The Bertz CT molecular complexity index is 1550. The molecule has 1 aliphatic carbocycles. The minimum atomic E-state index is -1.09. The second-order valence-electron chi connectivity index (χ2n) is 11.6. The molecule has 1 saturated heterocycles. The first kappa shape index (κ1) is 29.8. The van der Waals surface area contributed by atoms with E-state index in [0.29, 0.717) is 49.9 Å². The summed E-state index contributed by atoms with van der Waals surface area (Å²) in [6.07, 6.45) is 8.82. The molecule has 2 heterocycles. The van der Waals surface area contributed by atoms with E-state index in [1.54, 1.807) is 21.7 Å². The van der Waals surface area contributed by atoms with Gasteiger partial charge < -0.3 is 25.8 Å². The molecule has 0 spiro atoms. The fraction of sp³-hybridized carbons (Fsp3) is 0.406. The smallest absolute Gasteiger partial charge is 0.410 e. The number of carbonyl (C=O) groups excluding carboxylic acids is 3. The number of benzene rings is 2. The number of nitrogens with two attached hydrogens (primary N) is 1. The summed E-state index contributed by atoms with van der Waals surface area (Å²) >= 11 is 0. The van der Waals surface area contributed by atoms with E-state index in [9.17, 15) is 19.2 Å². The molecular formula is C32H37N5O6. The first-order chi connectivity index (χ1) is 20.6. The Morgan fingerprint density at radius 1 is 1.12 bits per heavy atom. The topological polar surface area (TPSA) is 157 Å². The van der Waals surface area contributed by atoms with E-state index in [4.69, 9.17) is 15.6 Å². The summed E-state index contributed by atoms with van der Waals surface area (Å²) in [5.41, 5.74) is 7.68. The number of ether oxygens (including phenoxy) is 1. The predicted molar refractivity (Wildman–Crippen MR) is 160 cm³/mol. The maximum Gasteiger partial charge on any atom is 0.410 e. The first-order valence-corrected chi connectivity index (χ1v) is 14.6. The van der Waals surface area contributed by atoms with Crippen molar-refractivity contribution in [2.75, 3.05) is 19.6 Å². The number of carboxylic acid groups (broad SMARTS) is 1. The quantitative estimate of drug-likeness (QED) is 0.351. The second kappa shape index (κ2) is 12.7. The molecule has 1 fully saturated rings. The molecule has 0 unspecified atom stereocenters. The zero-order valence-corrected chi connectivity index (χ0v) is 24.2. The zero-order chi connectivity index (χ0) is 30.6. The van der Waals surface area contributed by atoms with Crippen LogP contribution in [0.4, 0.5) is 4.79 Å². The Kier molecular flexibility index (Phi) is 8.79. The van der Waals surface area contributed by atoms with Crippen LogP contribution < -0.4 is 11.1 Å². The van der Waals surface area contributed by atoms with Crippen LogP contribution in [0.25, 0.3) is 16.6 Å². The lowest BCUT2D eigenvalue weighted by molar-refractivity contribution is -0.140. The van der Waals surface area contributed by atoms with Gasteiger partial charge in [-0.3, -0.25) is 14.4 Å². The minimum Gasteiger partial charge on any atom is -0.480 e. The van der Waals surface area contributed by atoms with Gasteiger partial charge in [-0.1, -0.05) is 37.3 Å². The number of primary amides is 1. The average Bonchev–Trinajstić information content (AvgIpc) is 3.44. The summed E-state index contributed by atoms with van der Waals surface area (Å²) in [5, 5.41) is 16.8. The number of allylic oxidation sites excluding steroid dienone is 1. The van der Waals surface area contributed by atoms with Crippen molar-refractivity contribution in [1.29, 1.82) is 0 Å². The molecular weight excluding hydrogens is 550 g/mol. The molecule has 0 bridgehead atoms. The molecule has 1 aliphatic heterocycles. The molecule has 0 saturated carbocycles. The van der Waals surface area contributed by atoms with E-state index in [2.05, 4.69) is 10.4 Å². The van der Waals surface area contributed by atoms with Gasteiger partial charge in [0.2, 0.25) is 5.91 Å². The Labute approximate surface area is 249 Å². The molecule has 11 heteroatoms. The summed E-state index contributed by atoms with van der Waals surface area (Å²) in [7, 11) is 0. The Morgan fingerprint density at radius 2 is 1.91 bits per heavy atom. The molecule has 4 N–H and O–H groups in total. The minimum absolute atomic E-state index is 0.155. The summed E-state index contributed by atoms with van der Waals surface area (Å²) < 4.78 is 7.61. The van der Waals surface area contributed by atoms with Crippen molar-refractivity contribution in [2.24, 2.45) is 11.1 Å². The molecule has 3 aromatic rings. The molecule has 11 nitrogen and oxygen atoms in total. The fourth-order valence-electron chi connectivity index (χ4n) is 5.92. The van der Waals surface area contributed by atoms with Crippen molar-refractivity contribution in [2.45, 2.75) is 57.5 Å². The van der Waals surface area contributed by atoms with Crippen LogP contribution in [-0.2, 0) is 14.3 Å². The lowest BCUT2D eigenvalue weighted by Crippen LogP contribution is -2.43. The molecule has 2 aromatic carbocycles. The number of fused-ring (bicyclic) bond motifs is 1. The fourth-order valence-corrected chi connectivity index (χ4v) is 5.92. The van der Waals surface area contributed by atoms with Crippen molar-refractivity contribution in [3.8, 4) is 5.69 Å². The highest BCUT2D eigenvalue weighted by Crippen LogP contribution is 2.34. The summed E-state index contributed by atoms with van der Waals surface area (Å²) in [4.78, 5) is 50.3. The van der Waals surface area contributed by atoms with Gasteiger partial charge in [0.1, 0.15) is 18.2 Å². The van der Waals surface area contributed by atoms with Gasteiger partial charge in [0, 0.05) is 36.0 Å². The lowest BCUT2D eigenvalue weighted by Gasteiger charge is -2.34. The Balaban J connectivity index is 1.20.